The number of fused-ring (bicyclic) bond motifs is 1. The fourth-order valence-electron chi connectivity index (χ4n) is 2.30. The lowest BCUT2D eigenvalue weighted by molar-refractivity contribution is -0.130. The number of hydrogen-bond acceptors (Lipinski definition) is 6. The van der Waals surface area contributed by atoms with Crippen molar-refractivity contribution in [2.75, 3.05) is 7.11 Å². The van der Waals surface area contributed by atoms with E-state index in [0.29, 0.717) is 11.1 Å². The van der Waals surface area contributed by atoms with E-state index in [9.17, 15) is 14.4 Å². The summed E-state index contributed by atoms with van der Waals surface area (Å²) in [5.41, 5.74) is 1.34. The molecule has 0 fully saturated rings. The molecule has 1 aliphatic rings. The number of carbonyl (C=O) groups excluding carboxylic acids is 3. The number of esters is 2. The zero-order valence-electron chi connectivity index (χ0n) is 10.9. The van der Waals surface area contributed by atoms with Crippen LogP contribution in [0.5, 0.6) is 5.75 Å². The molecular formula is C14H10O6. The van der Waals surface area contributed by atoms with Gasteiger partial charge in [-0.05, 0) is 6.92 Å². The first-order valence-corrected chi connectivity index (χ1v) is 5.85. The highest BCUT2D eigenvalue weighted by atomic mass is 16.5. The molecule has 2 heterocycles. The minimum atomic E-state index is -0.692. The lowest BCUT2D eigenvalue weighted by atomic mass is 10.1. The Hall–Kier alpha value is -2.63. The Bertz CT molecular complexity index is 779. The van der Waals surface area contributed by atoms with Gasteiger partial charge in [-0.3, -0.25) is 4.79 Å². The third-order valence-corrected chi connectivity index (χ3v) is 3.21. The van der Waals surface area contributed by atoms with Gasteiger partial charge in [-0.25, -0.2) is 9.59 Å². The zero-order valence-corrected chi connectivity index (χ0v) is 10.9. The Kier molecular flexibility index (Phi) is 2.44. The average molecular weight is 274 g/mol. The maximum Gasteiger partial charge on any atom is 0.342 e. The molecule has 6 heteroatoms. The SMILES string of the molecule is C=C(C)C(=O)Oc1c2c3oc1c(C(=O)OC)c3C(=O)C2. The third kappa shape index (κ3) is 1.41. The van der Waals surface area contributed by atoms with Gasteiger partial charge in [0.2, 0.25) is 0 Å². The molecule has 0 spiro atoms. The van der Waals surface area contributed by atoms with Crippen LogP contribution in [0, 0.1) is 0 Å². The molecule has 2 bridgehead atoms. The summed E-state index contributed by atoms with van der Waals surface area (Å²) in [5.74, 6) is -1.46. The van der Waals surface area contributed by atoms with Crippen molar-refractivity contribution in [2.45, 2.75) is 13.3 Å². The number of ketones is 1. The lowest BCUT2D eigenvalue weighted by Crippen LogP contribution is -2.10. The summed E-state index contributed by atoms with van der Waals surface area (Å²) >= 11 is 0. The molecule has 0 aromatic carbocycles. The molecule has 0 atom stereocenters. The van der Waals surface area contributed by atoms with Gasteiger partial charge in [0.15, 0.2) is 17.1 Å². The van der Waals surface area contributed by atoms with Gasteiger partial charge in [-0.2, -0.15) is 0 Å². The van der Waals surface area contributed by atoms with Crippen LogP contribution in [-0.4, -0.2) is 24.8 Å². The minimum absolute atomic E-state index is 0.0262. The molecular weight excluding hydrogens is 264 g/mol. The van der Waals surface area contributed by atoms with Crippen molar-refractivity contribution in [1.82, 2.24) is 0 Å². The molecule has 0 saturated heterocycles. The van der Waals surface area contributed by atoms with Crippen LogP contribution in [0.25, 0.3) is 11.2 Å². The Morgan fingerprint density at radius 1 is 1.30 bits per heavy atom. The molecule has 0 saturated carbocycles. The fraction of sp³-hybridized carbons (Fsp3) is 0.214. The molecule has 2 aromatic heterocycles. The second kappa shape index (κ2) is 3.93. The Morgan fingerprint density at radius 2 is 2.00 bits per heavy atom. The molecule has 0 amide bonds. The van der Waals surface area contributed by atoms with E-state index in [0.717, 1.165) is 0 Å². The first-order valence-electron chi connectivity index (χ1n) is 5.85. The Morgan fingerprint density at radius 3 is 2.60 bits per heavy atom. The zero-order chi connectivity index (χ0) is 14.6. The van der Waals surface area contributed by atoms with Gasteiger partial charge >= 0.3 is 11.9 Å². The smallest absolute Gasteiger partial charge is 0.342 e. The standard InChI is InChI=1S/C14H10O6/c1-5(2)13(16)20-11-6-4-7(15)8-9(14(17)18-3)12(11)19-10(6)8/h1,4H2,2-3H3. The van der Waals surface area contributed by atoms with Crippen LogP contribution in [0.4, 0.5) is 0 Å². The Labute approximate surface area is 113 Å². The van der Waals surface area contributed by atoms with Crippen molar-refractivity contribution in [1.29, 1.82) is 0 Å². The highest BCUT2D eigenvalue weighted by Crippen LogP contribution is 2.47. The molecule has 0 aliphatic heterocycles. The molecule has 0 radical (unpaired) electrons. The predicted molar refractivity (Wildman–Crippen MR) is 67.2 cm³/mol. The van der Waals surface area contributed by atoms with Gasteiger partial charge in [-0.15, -0.1) is 0 Å². The topological polar surface area (TPSA) is 82.8 Å². The van der Waals surface area contributed by atoms with Gasteiger partial charge in [0.1, 0.15) is 11.1 Å². The van der Waals surface area contributed by atoms with Crippen LogP contribution in [0.3, 0.4) is 0 Å². The fourth-order valence-corrected chi connectivity index (χ4v) is 2.30. The number of furan rings is 2. The molecule has 20 heavy (non-hydrogen) atoms. The summed E-state index contributed by atoms with van der Waals surface area (Å²) in [4.78, 5) is 35.3. The lowest BCUT2D eigenvalue weighted by Gasteiger charge is -2.04. The quantitative estimate of drug-likeness (QED) is 0.482. The highest BCUT2D eigenvalue weighted by molar-refractivity contribution is 6.22. The number of methoxy groups -OCH3 is 1. The highest BCUT2D eigenvalue weighted by Gasteiger charge is 2.41. The van der Waals surface area contributed by atoms with E-state index in [1.165, 1.54) is 14.0 Å². The number of hydrogen-bond donors (Lipinski definition) is 0. The third-order valence-electron chi connectivity index (χ3n) is 3.21. The van der Waals surface area contributed by atoms with Gasteiger partial charge in [0, 0.05) is 12.0 Å². The Balaban J connectivity index is 2.17. The second-order valence-electron chi connectivity index (χ2n) is 4.58. The first kappa shape index (κ1) is 12.4. The van der Waals surface area contributed by atoms with E-state index >= 15 is 0 Å². The number of Topliss-reactive ketones (excluding diaryl/α,β-unsaturated/α-hetero) is 1. The number of carbonyl (C=O) groups is 3. The van der Waals surface area contributed by atoms with E-state index in [1.54, 1.807) is 0 Å². The van der Waals surface area contributed by atoms with Crippen LogP contribution in [-0.2, 0) is 16.0 Å². The predicted octanol–water partition coefficient (Wildman–Crippen LogP) is 1.88. The summed E-state index contributed by atoms with van der Waals surface area (Å²) in [7, 11) is 1.21. The summed E-state index contributed by atoms with van der Waals surface area (Å²) in [5, 5.41) is 0. The molecule has 2 aromatic rings. The molecule has 0 unspecified atom stereocenters. The maximum atomic E-state index is 11.9. The van der Waals surface area contributed by atoms with E-state index in [-0.39, 0.29) is 40.2 Å². The molecule has 3 rings (SSSR count). The van der Waals surface area contributed by atoms with Gasteiger partial charge in [0.25, 0.3) is 0 Å². The van der Waals surface area contributed by atoms with E-state index in [4.69, 9.17) is 9.15 Å². The van der Waals surface area contributed by atoms with E-state index < -0.39 is 11.9 Å². The second-order valence-corrected chi connectivity index (χ2v) is 4.58. The van der Waals surface area contributed by atoms with Gasteiger partial charge in [-0.1, -0.05) is 6.58 Å². The van der Waals surface area contributed by atoms with Crippen molar-refractivity contribution in [3.63, 3.8) is 0 Å². The summed E-state index contributed by atoms with van der Waals surface area (Å²) in [6, 6.07) is 0. The largest absolute Gasteiger partial charge is 0.465 e. The summed E-state index contributed by atoms with van der Waals surface area (Å²) < 4.78 is 15.2. The molecule has 102 valence electrons. The minimum Gasteiger partial charge on any atom is -0.465 e. The van der Waals surface area contributed by atoms with Gasteiger partial charge in [0.05, 0.1) is 18.2 Å². The molecule has 0 N–H and O–H groups in total. The van der Waals surface area contributed by atoms with Crippen LogP contribution in [0.15, 0.2) is 16.6 Å². The molecule has 6 nitrogen and oxygen atoms in total. The first-order chi connectivity index (χ1) is 9.45. The van der Waals surface area contributed by atoms with Crippen molar-refractivity contribution in [2.24, 2.45) is 0 Å². The van der Waals surface area contributed by atoms with Crippen molar-refractivity contribution in [3.8, 4) is 5.75 Å². The molecule has 1 aliphatic carbocycles. The van der Waals surface area contributed by atoms with Crippen molar-refractivity contribution < 1.29 is 28.3 Å². The van der Waals surface area contributed by atoms with Crippen LogP contribution < -0.4 is 4.74 Å². The summed E-state index contributed by atoms with van der Waals surface area (Å²) in [6.07, 6.45) is 0.0491. The van der Waals surface area contributed by atoms with Crippen LogP contribution in [0.1, 0.15) is 33.2 Å². The van der Waals surface area contributed by atoms with Gasteiger partial charge < -0.3 is 13.9 Å². The average Bonchev–Trinajstić information content (AvgIpc) is 3.00. The van der Waals surface area contributed by atoms with Crippen LogP contribution in [0.2, 0.25) is 0 Å². The monoisotopic (exact) mass is 274 g/mol. The van der Waals surface area contributed by atoms with Crippen LogP contribution >= 0.6 is 0 Å². The van der Waals surface area contributed by atoms with E-state index in [1.807, 2.05) is 0 Å². The van der Waals surface area contributed by atoms with E-state index in [2.05, 4.69) is 11.3 Å². The number of ether oxygens (including phenoxy) is 2. The van der Waals surface area contributed by atoms with Crippen molar-refractivity contribution in [3.05, 3.63) is 28.8 Å². The maximum absolute atomic E-state index is 11.9. The summed E-state index contributed by atoms with van der Waals surface area (Å²) in [6.45, 7) is 4.98. The number of benzene rings is 1. The normalized spacial score (nSPS) is 13.0. The van der Waals surface area contributed by atoms with Crippen molar-refractivity contribution >= 4 is 28.9 Å². The number of rotatable bonds is 3.